The number of carbonyl (C=O) groups excluding carboxylic acids is 1. The minimum absolute atomic E-state index is 0.281. The first kappa shape index (κ1) is 18.1. The Labute approximate surface area is 151 Å². The maximum absolute atomic E-state index is 12.4. The van der Waals surface area contributed by atoms with Crippen molar-refractivity contribution in [1.82, 2.24) is 10.2 Å². The van der Waals surface area contributed by atoms with Crippen molar-refractivity contribution in [2.75, 3.05) is 44.7 Å². The highest BCUT2D eigenvalue weighted by Crippen LogP contribution is 2.28. The Morgan fingerprint density at radius 1 is 1.12 bits per heavy atom. The van der Waals surface area contributed by atoms with Gasteiger partial charge in [0.25, 0.3) is 0 Å². The summed E-state index contributed by atoms with van der Waals surface area (Å²) in [4.78, 5) is 16.8. The van der Waals surface area contributed by atoms with Crippen molar-refractivity contribution in [1.29, 1.82) is 0 Å². The highest BCUT2D eigenvalue weighted by Gasteiger charge is 2.22. The van der Waals surface area contributed by atoms with Crippen LogP contribution < -0.4 is 15.0 Å². The van der Waals surface area contributed by atoms with Crippen LogP contribution in [0.15, 0.2) is 24.3 Å². The quantitative estimate of drug-likeness (QED) is 0.861. The number of amides is 1. The molecule has 25 heavy (non-hydrogen) atoms. The summed E-state index contributed by atoms with van der Waals surface area (Å²) in [6.45, 7) is 4.13. The van der Waals surface area contributed by atoms with Gasteiger partial charge in [0, 0.05) is 45.2 Å². The van der Waals surface area contributed by atoms with Crippen LogP contribution in [0, 0.1) is 0 Å². The van der Waals surface area contributed by atoms with Crippen molar-refractivity contribution >= 4 is 11.6 Å². The van der Waals surface area contributed by atoms with Crippen molar-refractivity contribution in [3.8, 4) is 5.75 Å². The summed E-state index contributed by atoms with van der Waals surface area (Å²) in [5.41, 5.74) is 1.12. The predicted molar refractivity (Wildman–Crippen MR) is 101 cm³/mol. The van der Waals surface area contributed by atoms with Gasteiger partial charge < -0.3 is 19.9 Å². The summed E-state index contributed by atoms with van der Waals surface area (Å²) in [6, 6.07) is 8.73. The van der Waals surface area contributed by atoms with Gasteiger partial charge in [0.1, 0.15) is 5.75 Å². The molecule has 1 aliphatic carbocycles. The van der Waals surface area contributed by atoms with Crippen molar-refractivity contribution in [3.63, 3.8) is 0 Å². The lowest BCUT2D eigenvalue weighted by molar-refractivity contribution is -0.131. The first-order chi connectivity index (χ1) is 12.3. The van der Waals surface area contributed by atoms with Gasteiger partial charge in [-0.15, -0.1) is 0 Å². The van der Waals surface area contributed by atoms with E-state index in [1.54, 1.807) is 7.11 Å². The average Bonchev–Trinajstić information content (AvgIpc) is 2.69. The number of methoxy groups -OCH3 is 1. The fourth-order valence-electron chi connectivity index (χ4n) is 3.94. The minimum atomic E-state index is 0.281. The van der Waals surface area contributed by atoms with Gasteiger partial charge >= 0.3 is 0 Å². The fourth-order valence-corrected chi connectivity index (χ4v) is 3.94. The van der Waals surface area contributed by atoms with E-state index in [4.69, 9.17) is 4.74 Å². The smallest absolute Gasteiger partial charge is 0.223 e. The Kier molecular flexibility index (Phi) is 6.56. The molecule has 1 saturated heterocycles. The minimum Gasteiger partial charge on any atom is -0.495 e. The molecule has 2 aliphatic rings. The normalized spacial score (nSPS) is 19.1. The topological polar surface area (TPSA) is 44.8 Å². The SMILES string of the molecule is COc1ccccc1N1CCN(C(=O)CCNC2CCCCC2)CC1. The second-order valence-corrected chi connectivity index (χ2v) is 7.08. The van der Waals surface area contributed by atoms with Crippen LogP contribution in [0.1, 0.15) is 38.5 Å². The molecule has 1 N–H and O–H groups in total. The molecule has 3 rings (SSSR count). The van der Waals surface area contributed by atoms with E-state index in [0.717, 1.165) is 44.2 Å². The molecule has 2 fully saturated rings. The molecule has 1 saturated carbocycles. The Balaban J connectivity index is 1.41. The highest BCUT2D eigenvalue weighted by molar-refractivity contribution is 5.76. The lowest BCUT2D eigenvalue weighted by atomic mass is 9.95. The van der Waals surface area contributed by atoms with Crippen LogP contribution in [0.5, 0.6) is 5.75 Å². The molecule has 0 spiro atoms. The first-order valence-corrected chi connectivity index (χ1v) is 9.67. The van der Waals surface area contributed by atoms with E-state index in [-0.39, 0.29) is 5.91 Å². The third-order valence-corrected chi connectivity index (χ3v) is 5.44. The Hall–Kier alpha value is -1.75. The number of hydrogen-bond donors (Lipinski definition) is 1. The second kappa shape index (κ2) is 9.09. The number of nitrogens with zero attached hydrogens (tertiary/aromatic N) is 2. The van der Waals surface area contributed by atoms with Crippen LogP contribution in [0.3, 0.4) is 0 Å². The zero-order chi connectivity index (χ0) is 17.5. The molecule has 1 aliphatic heterocycles. The van der Waals surface area contributed by atoms with Gasteiger partial charge in [-0.05, 0) is 25.0 Å². The maximum atomic E-state index is 12.4. The van der Waals surface area contributed by atoms with Gasteiger partial charge in [0.05, 0.1) is 12.8 Å². The first-order valence-electron chi connectivity index (χ1n) is 9.67. The molecule has 1 amide bonds. The second-order valence-electron chi connectivity index (χ2n) is 7.08. The zero-order valence-electron chi connectivity index (χ0n) is 15.4. The Morgan fingerprint density at radius 3 is 2.56 bits per heavy atom. The molecule has 0 atom stereocenters. The van der Waals surface area contributed by atoms with Gasteiger partial charge in [-0.1, -0.05) is 31.4 Å². The Bertz CT molecular complexity index is 550. The Morgan fingerprint density at radius 2 is 1.84 bits per heavy atom. The molecule has 0 unspecified atom stereocenters. The number of ether oxygens (including phenoxy) is 1. The van der Waals surface area contributed by atoms with Gasteiger partial charge in [-0.2, -0.15) is 0 Å². The van der Waals surface area contributed by atoms with Crippen LogP contribution in [0.4, 0.5) is 5.69 Å². The van der Waals surface area contributed by atoms with Crippen molar-refractivity contribution in [2.24, 2.45) is 0 Å². The molecule has 5 heteroatoms. The van der Waals surface area contributed by atoms with E-state index < -0.39 is 0 Å². The molecule has 1 heterocycles. The van der Waals surface area contributed by atoms with Crippen LogP contribution in [-0.2, 0) is 4.79 Å². The van der Waals surface area contributed by atoms with Crippen LogP contribution in [0.2, 0.25) is 0 Å². The fraction of sp³-hybridized carbons (Fsp3) is 0.650. The van der Waals surface area contributed by atoms with E-state index in [2.05, 4.69) is 16.3 Å². The number of nitrogens with one attached hydrogen (secondary N) is 1. The van der Waals surface area contributed by atoms with E-state index in [1.165, 1.54) is 32.1 Å². The molecule has 138 valence electrons. The summed E-state index contributed by atoms with van der Waals surface area (Å²) in [5.74, 6) is 1.18. The van der Waals surface area contributed by atoms with E-state index in [9.17, 15) is 4.79 Å². The number of piperazine rings is 1. The number of para-hydroxylation sites is 2. The van der Waals surface area contributed by atoms with Crippen LogP contribution in [0.25, 0.3) is 0 Å². The van der Waals surface area contributed by atoms with Gasteiger partial charge in [0.2, 0.25) is 5.91 Å². The summed E-state index contributed by atoms with van der Waals surface area (Å²) in [5, 5.41) is 3.57. The molecular formula is C20H31N3O2. The lowest BCUT2D eigenvalue weighted by Gasteiger charge is -2.36. The summed E-state index contributed by atoms with van der Waals surface area (Å²) < 4.78 is 5.45. The van der Waals surface area contributed by atoms with Crippen molar-refractivity contribution in [2.45, 2.75) is 44.6 Å². The standard InChI is InChI=1S/C20H31N3O2/c1-25-19-10-6-5-9-18(19)22-13-15-23(16-14-22)20(24)11-12-21-17-7-3-2-4-8-17/h5-6,9-10,17,21H,2-4,7-8,11-16H2,1H3. The molecular weight excluding hydrogens is 314 g/mol. The molecule has 1 aromatic rings. The van der Waals surface area contributed by atoms with Crippen LogP contribution >= 0.6 is 0 Å². The van der Waals surface area contributed by atoms with Gasteiger partial charge in [-0.3, -0.25) is 4.79 Å². The average molecular weight is 345 g/mol. The summed E-state index contributed by atoms with van der Waals surface area (Å²) >= 11 is 0. The number of rotatable bonds is 6. The summed E-state index contributed by atoms with van der Waals surface area (Å²) in [6.07, 6.45) is 7.18. The molecule has 0 aromatic heterocycles. The van der Waals surface area contributed by atoms with E-state index in [1.807, 2.05) is 23.1 Å². The lowest BCUT2D eigenvalue weighted by Crippen LogP contribution is -2.49. The van der Waals surface area contributed by atoms with Gasteiger partial charge in [-0.25, -0.2) is 0 Å². The largest absolute Gasteiger partial charge is 0.495 e. The predicted octanol–water partition coefficient (Wildman–Crippen LogP) is 2.66. The van der Waals surface area contributed by atoms with Crippen LogP contribution in [-0.4, -0.2) is 56.7 Å². The van der Waals surface area contributed by atoms with Gasteiger partial charge in [0.15, 0.2) is 0 Å². The molecule has 1 aromatic carbocycles. The van der Waals surface area contributed by atoms with Crippen molar-refractivity contribution in [3.05, 3.63) is 24.3 Å². The maximum Gasteiger partial charge on any atom is 0.223 e. The number of hydrogen-bond acceptors (Lipinski definition) is 4. The number of anilines is 1. The van der Waals surface area contributed by atoms with E-state index >= 15 is 0 Å². The molecule has 0 bridgehead atoms. The number of benzene rings is 1. The monoisotopic (exact) mass is 345 g/mol. The highest BCUT2D eigenvalue weighted by atomic mass is 16.5. The zero-order valence-corrected chi connectivity index (χ0v) is 15.4. The van der Waals surface area contributed by atoms with E-state index in [0.29, 0.717) is 12.5 Å². The third-order valence-electron chi connectivity index (χ3n) is 5.44. The molecule has 0 radical (unpaired) electrons. The van der Waals surface area contributed by atoms with Crippen molar-refractivity contribution < 1.29 is 9.53 Å². The molecule has 5 nitrogen and oxygen atoms in total. The number of carbonyl (C=O) groups is 1. The third kappa shape index (κ3) is 4.88. The summed E-state index contributed by atoms with van der Waals surface area (Å²) in [7, 11) is 1.71.